The number of hydrogen-bond acceptors (Lipinski definition) is 7. The number of amides is 2. The summed E-state index contributed by atoms with van der Waals surface area (Å²) in [7, 11) is 2.16. The topological polar surface area (TPSA) is 101 Å². The molecule has 3 atom stereocenters. The van der Waals surface area contributed by atoms with Crippen molar-refractivity contribution in [2.75, 3.05) is 50.1 Å². The maximum Gasteiger partial charge on any atom is 0.226 e. The zero-order valence-corrected chi connectivity index (χ0v) is 25.4. The second kappa shape index (κ2) is 39.9. The molecular formula is C18H45N2O5P3S2V2. The van der Waals surface area contributed by atoms with Gasteiger partial charge in [0.15, 0.2) is 0 Å². The van der Waals surface area contributed by atoms with E-state index < -0.39 is 0 Å². The maximum atomic E-state index is 11.1. The third-order valence-corrected chi connectivity index (χ3v) is 4.49. The molecule has 2 amide bonds. The van der Waals surface area contributed by atoms with Crippen LogP contribution in [0.3, 0.4) is 0 Å². The Morgan fingerprint density at radius 3 is 1.81 bits per heavy atom. The largest absolute Gasteiger partial charge is 0.396 e. The monoisotopic (exact) mass is 628 g/mol. The first kappa shape index (κ1) is 50.6. The van der Waals surface area contributed by atoms with Crippen LogP contribution in [0.4, 0.5) is 0 Å². The molecule has 0 aromatic rings. The van der Waals surface area contributed by atoms with E-state index >= 15 is 0 Å². The summed E-state index contributed by atoms with van der Waals surface area (Å²) >= 11 is 5.37. The predicted octanol–water partition coefficient (Wildman–Crippen LogP) is 2.68. The summed E-state index contributed by atoms with van der Waals surface area (Å²) in [5.41, 5.74) is 0. The van der Waals surface area contributed by atoms with E-state index in [1.807, 2.05) is 4.90 Å². The molecule has 2 saturated heterocycles. The van der Waals surface area contributed by atoms with Crippen LogP contribution in [0.1, 0.15) is 40.5 Å². The third-order valence-electron chi connectivity index (χ3n) is 3.34. The molecule has 2 aliphatic heterocycles. The van der Waals surface area contributed by atoms with Crippen LogP contribution in [0.2, 0.25) is 0 Å². The van der Waals surface area contributed by atoms with Crippen molar-refractivity contribution in [2.45, 2.75) is 40.5 Å². The Bertz CT molecular complexity index is 410. The Labute approximate surface area is 237 Å². The molecule has 0 aromatic carbocycles. The molecule has 7 nitrogen and oxygen atoms in total. The van der Waals surface area contributed by atoms with Crippen molar-refractivity contribution < 1.29 is 61.8 Å². The Morgan fingerprint density at radius 2 is 1.53 bits per heavy atom. The number of nitrogens with zero attached hydrogens (tertiary/aromatic N) is 2. The molecule has 0 spiro atoms. The Kier molecular flexibility index (Phi) is 63.1. The Balaban J connectivity index is -0.0000000555. The van der Waals surface area contributed by atoms with E-state index in [1.165, 1.54) is 0 Å². The molecule has 3 N–H and O–H groups in total. The molecule has 2 fully saturated rings. The number of hydrogen-bond donors (Lipinski definition) is 4. The van der Waals surface area contributed by atoms with E-state index in [1.54, 1.807) is 22.9 Å². The van der Waals surface area contributed by atoms with E-state index in [0.29, 0.717) is 18.1 Å². The fraction of sp³-hybridized carbons (Fsp3) is 0.778. The van der Waals surface area contributed by atoms with Crippen LogP contribution in [0, 0.1) is 0 Å². The number of likely N-dealkylation sites (tertiary alicyclic amines) is 2. The molecule has 0 saturated carbocycles. The fourth-order valence-corrected chi connectivity index (χ4v) is 2.83. The van der Waals surface area contributed by atoms with Crippen molar-refractivity contribution in [1.29, 1.82) is 0 Å². The van der Waals surface area contributed by atoms with Gasteiger partial charge in [-0.15, -0.1) is 0 Å². The van der Waals surface area contributed by atoms with Crippen molar-refractivity contribution in [2.24, 2.45) is 0 Å². The molecular weight excluding hydrogens is 583 g/mol. The van der Waals surface area contributed by atoms with Crippen molar-refractivity contribution in [1.82, 2.24) is 9.80 Å². The Morgan fingerprint density at radius 1 is 1.06 bits per heavy atom. The van der Waals surface area contributed by atoms with Crippen LogP contribution in [-0.2, 0) is 46.7 Å². The number of aliphatic hydroxyl groups is 2. The van der Waals surface area contributed by atoms with Crippen LogP contribution < -0.4 is 0 Å². The molecule has 32 heavy (non-hydrogen) atoms. The summed E-state index contributed by atoms with van der Waals surface area (Å²) < 4.78 is 0. The first-order valence-electron chi connectivity index (χ1n) is 8.72. The van der Waals surface area contributed by atoms with Gasteiger partial charge in [-0.05, 0) is 19.0 Å². The predicted molar refractivity (Wildman–Crippen MR) is 147 cm³/mol. The molecule has 0 aromatic heterocycles. The Hall–Kier alpha value is 1.72. The molecule has 3 unspecified atom stereocenters. The smallest absolute Gasteiger partial charge is 0.226 e. The maximum absolute atomic E-state index is 11.1. The van der Waals surface area contributed by atoms with E-state index in [-0.39, 0.29) is 89.5 Å². The number of rotatable bonds is 7. The molecule has 0 aliphatic carbocycles. The standard InChI is InChI=1S/C8H15NO2S.C6H9NO.C2H6OS.2CH4.H4OP2.H3P.2V/c10-5-7-12-6-4-9-3-1-2-8(9)11;1-2-7-5-3-4-6(7)8;3-1-2-4;;;1-3-2;;;/h10H,1-7H2;2H,1,3-5H2;3-4H,1-2H2;2*1H4;1,3H,2H2;1H3;;. The zero-order chi connectivity index (χ0) is 20.9. The first-order valence-corrected chi connectivity index (χ1v) is 13.3. The van der Waals surface area contributed by atoms with Gasteiger partial charge in [-0.3, -0.25) is 9.59 Å². The van der Waals surface area contributed by atoms with Gasteiger partial charge in [-0.1, -0.05) is 30.4 Å². The van der Waals surface area contributed by atoms with E-state index in [0.717, 1.165) is 50.4 Å². The van der Waals surface area contributed by atoms with Crippen LogP contribution in [0.25, 0.3) is 0 Å². The zero-order valence-electron chi connectivity index (χ0n) is 17.4. The summed E-state index contributed by atoms with van der Waals surface area (Å²) in [6.45, 7) is 6.56. The van der Waals surface area contributed by atoms with E-state index in [4.69, 9.17) is 15.1 Å². The van der Waals surface area contributed by atoms with Gasteiger partial charge in [-0.2, -0.15) is 34.3 Å². The average Bonchev–Trinajstić information content (AvgIpc) is 3.28. The second-order valence-corrected chi connectivity index (χ2v) is 7.97. The number of thioether (sulfide) groups is 1. The molecule has 2 radical (unpaired) electrons. The van der Waals surface area contributed by atoms with E-state index in [2.05, 4.69) is 28.1 Å². The fourth-order valence-electron chi connectivity index (χ4n) is 2.14. The summed E-state index contributed by atoms with van der Waals surface area (Å²) in [5, 5.41) is 16.3. The minimum absolute atomic E-state index is 0. The second-order valence-electron chi connectivity index (χ2n) is 5.27. The number of aliphatic hydroxyl groups excluding tert-OH is 2. The van der Waals surface area contributed by atoms with Crippen LogP contribution in [-0.4, -0.2) is 86.8 Å². The SMILES string of the molecule is C.C.C=CN1CCCC1=O.O=C1CCCN1CCSCCO.OCCS.OPP.P.[V].[V]. The minimum Gasteiger partial charge on any atom is -0.396 e. The van der Waals surface area contributed by atoms with Crippen molar-refractivity contribution >= 4 is 63.5 Å². The van der Waals surface area contributed by atoms with E-state index in [9.17, 15) is 9.59 Å². The van der Waals surface area contributed by atoms with Crippen molar-refractivity contribution in [3.8, 4) is 0 Å². The molecule has 2 aliphatic rings. The third kappa shape index (κ3) is 31.7. The van der Waals surface area contributed by atoms with Crippen LogP contribution in [0.15, 0.2) is 12.8 Å². The quantitative estimate of drug-likeness (QED) is 0.197. The minimum atomic E-state index is 0. The van der Waals surface area contributed by atoms with Gasteiger partial charge in [0.2, 0.25) is 11.8 Å². The van der Waals surface area contributed by atoms with Gasteiger partial charge >= 0.3 is 0 Å². The summed E-state index contributed by atoms with van der Waals surface area (Å²) in [4.78, 5) is 32.9. The molecule has 14 heteroatoms. The number of carbonyl (C=O) groups is 2. The van der Waals surface area contributed by atoms with Crippen LogP contribution >= 0.6 is 51.7 Å². The number of carbonyl (C=O) groups excluding carboxylic acids is 2. The average molecular weight is 629 g/mol. The molecule has 2 heterocycles. The normalized spacial score (nSPS) is 13.3. The summed E-state index contributed by atoms with van der Waals surface area (Å²) in [6.07, 6.45) is 5.03. The van der Waals surface area contributed by atoms with Gasteiger partial charge in [0.25, 0.3) is 0 Å². The van der Waals surface area contributed by atoms with Gasteiger partial charge in [0, 0.05) is 95.3 Å². The van der Waals surface area contributed by atoms with Gasteiger partial charge in [0.1, 0.15) is 0 Å². The molecule has 194 valence electrons. The molecule has 0 bridgehead atoms. The van der Waals surface area contributed by atoms with Gasteiger partial charge in [-0.25, -0.2) is 0 Å². The van der Waals surface area contributed by atoms with Crippen LogP contribution in [0.5, 0.6) is 0 Å². The first-order chi connectivity index (χ1) is 13.0. The van der Waals surface area contributed by atoms with Crippen molar-refractivity contribution in [3.63, 3.8) is 0 Å². The molecule has 2 rings (SSSR count). The van der Waals surface area contributed by atoms with Crippen molar-refractivity contribution in [3.05, 3.63) is 12.8 Å². The van der Waals surface area contributed by atoms with Gasteiger partial charge < -0.3 is 24.9 Å². The summed E-state index contributed by atoms with van der Waals surface area (Å²) in [6, 6.07) is 0. The van der Waals surface area contributed by atoms with Gasteiger partial charge in [0.05, 0.1) is 13.2 Å². The summed E-state index contributed by atoms with van der Waals surface area (Å²) in [5.74, 6) is 2.80. The number of thiol groups is 1.